The molecule has 2 heteroatoms. The van der Waals surface area contributed by atoms with Crippen LogP contribution < -0.4 is 0 Å². The van der Waals surface area contributed by atoms with Crippen LogP contribution in [0.15, 0.2) is 97.1 Å². The molecule has 1 saturated carbocycles. The molecular formula is C34H40O2. The number of para-hydroxylation sites is 2. The highest BCUT2D eigenvalue weighted by Gasteiger charge is 2.28. The van der Waals surface area contributed by atoms with Crippen molar-refractivity contribution in [2.45, 2.75) is 65.2 Å². The Kier molecular flexibility index (Phi) is 10.2. The van der Waals surface area contributed by atoms with Gasteiger partial charge in [-0.05, 0) is 59.8 Å². The molecule has 0 spiro atoms. The average Bonchev–Trinajstić information content (AvgIpc) is 2.97. The van der Waals surface area contributed by atoms with E-state index in [2.05, 4.69) is 24.3 Å². The van der Waals surface area contributed by atoms with Crippen LogP contribution in [0.5, 0.6) is 11.5 Å². The molecule has 0 heterocycles. The highest BCUT2D eigenvalue weighted by molar-refractivity contribution is 5.73. The fraction of sp³-hybridized carbons (Fsp3) is 0.294. The molecule has 0 unspecified atom stereocenters. The molecule has 188 valence electrons. The summed E-state index contributed by atoms with van der Waals surface area (Å²) in [5.74, 6) is 1.51. The first-order chi connectivity index (χ1) is 17.7. The largest absolute Gasteiger partial charge is 0.507 e. The van der Waals surface area contributed by atoms with E-state index in [1.807, 2.05) is 100 Å². The third-order valence-electron chi connectivity index (χ3n) is 6.91. The van der Waals surface area contributed by atoms with Crippen molar-refractivity contribution in [1.82, 2.24) is 0 Å². The van der Waals surface area contributed by atoms with Gasteiger partial charge in [-0.3, -0.25) is 0 Å². The quantitative estimate of drug-likeness (QED) is 0.305. The molecule has 0 bridgehead atoms. The predicted octanol–water partition coefficient (Wildman–Crippen LogP) is 9.93. The van der Waals surface area contributed by atoms with Crippen molar-refractivity contribution in [3.05, 3.63) is 108 Å². The third-order valence-corrected chi connectivity index (χ3v) is 6.91. The second-order valence-electron chi connectivity index (χ2n) is 8.77. The molecule has 1 fully saturated rings. The van der Waals surface area contributed by atoms with Gasteiger partial charge < -0.3 is 10.2 Å². The van der Waals surface area contributed by atoms with Gasteiger partial charge in [0.1, 0.15) is 11.5 Å². The van der Waals surface area contributed by atoms with Crippen molar-refractivity contribution in [2.75, 3.05) is 0 Å². The summed E-state index contributed by atoms with van der Waals surface area (Å²) in [6.07, 6.45) is 4.02. The van der Waals surface area contributed by atoms with E-state index in [4.69, 9.17) is 0 Å². The third kappa shape index (κ3) is 5.99. The van der Waals surface area contributed by atoms with Crippen LogP contribution in [0.4, 0.5) is 0 Å². The van der Waals surface area contributed by atoms with Crippen molar-refractivity contribution in [1.29, 1.82) is 0 Å². The first kappa shape index (κ1) is 27.1. The second kappa shape index (κ2) is 13.5. The van der Waals surface area contributed by atoms with Gasteiger partial charge in [0, 0.05) is 11.1 Å². The maximum atomic E-state index is 11.0. The van der Waals surface area contributed by atoms with E-state index < -0.39 is 0 Å². The molecule has 0 aliphatic heterocycles. The van der Waals surface area contributed by atoms with Gasteiger partial charge in [0.2, 0.25) is 0 Å². The van der Waals surface area contributed by atoms with Crippen molar-refractivity contribution < 1.29 is 10.2 Å². The van der Waals surface area contributed by atoms with Crippen LogP contribution in [0.1, 0.15) is 76.3 Å². The molecule has 1 aliphatic carbocycles. The highest BCUT2D eigenvalue weighted by atomic mass is 16.3. The minimum atomic E-state index is 0.342. The minimum absolute atomic E-state index is 0.342. The molecule has 4 aromatic rings. The summed E-state index contributed by atoms with van der Waals surface area (Å²) in [5, 5.41) is 22.1. The first-order valence-electron chi connectivity index (χ1n) is 13.5. The number of hydrogen-bond donors (Lipinski definition) is 2. The van der Waals surface area contributed by atoms with Crippen molar-refractivity contribution >= 4 is 0 Å². The Morgan fingerprint density at radius 2 is 0.778 bits per heavy atom. The standard InChI is InChI=1S/C30H28O2.2C2H6/c31-29-25(21-9-3-1-4-10-21)13-7-15-27(29)23-17-19-24(20-18-23)28-16-8-14-26(30(28)32)22-11-5-2-6-12-22;2*1-2/h1-16,23-24,31-32H,17-20H2;2*1-2H3. The maximum absolute atomic E-state index is 11.0. The van der Waals surface area contributed by atoms with Gasteiger partial charge >= 0.3 is 0 Å². The Balaban J connectivity index is 0.000000861. The lowest BCUT2D eigenvalue weighted by molar-refractivity contribution is 0.372. The van der Waals surface area contributed by atoms with Gasteiger partial charge in [0.05, 0.1) is 0 Å². The molecule has 4 aromatic carbocycles. The van der Waals surface area contributed by atoms with E-state index in [9.17, 15) is 10.2 Å². The van der Waals surface area contributed by atoms with E-state index in [1.165, 1.54) is 0 Å². The molecular weight excluding hydrogens is 440 g/mol. The van der Waals surface area contributed by atoms with E-state index >= 15 is 0 Å². The zero-order valence-corrected chi connectivity index (χ0v) is 22.1. The Labute approximate surface area is 217 Å². The number of phenolic OH excluding ortho intramolecular Hbond substituents is 2. The molecule has 0 aromatic heterocycles. The van der Waals surface area contributed by atoms with Crippen LogP contribution in [0.25, 0.3) is 22.3 Å². The highest BCUT2D eigenvalue weighted by Crippen LogP contribution is 2.47. The molecule has 36 heavy (non-hydrogen) atoms. The number of phenols is 2. The van der Waals surface area contributed by atoms with Crippen LogP contribution >= 0.6 is 0 Å². The molecule has 1 aliphatic rings. The normalized spacial score (nSPS) is 16.7. The molecule has 2 nitrogen and oxygen atoms in total. The van der Waals surface area contributed by atoms with E-state index in [-0.39, 0.29) is 0 Å². The van der Waals surface area contributed by atoms with Gasteiger partial charge in [0.25, 0.3) is 0 Å². The van der Waals surface area contributed by atoms with Crippen LogP contribution in [0, 0.1) is 0 Å². The van der Waals surface area contributed by atoms with Crippen LogP contribution in [0.2, 0.25) is 0 Å². The second-order valence-corrected chi connectivity index (χ2v) is 8.77. The molecule has 2 N–H and O–H groups in total. The van der Waals surface area contributed by atoms with Gasteiger partial charge in [0.15, 0.2) is 0 Å². The van der Waals surface area contributed by atoms with Crippen LogP contribution in [0.3, 0.4) is 0 Å². The van der Waals surface area contributed by atoms with Crippen molar-refractivity contribution in [3.8, 4) is 33.8 Å². The molecule has 5 rings (SSSR count). The Morgan fingerprint density at radius 1 is 0.444 bits per heavy atom. The van der Waals surface area contributed by atoms with E-state index in [0.29, 0.717) is 23.3 Å². The Morgan fingerprint density at radius 3 is 1.11 bits per heavy atom. The topological polar surface area (TPSA) is 40.5 Å². The minimum Gasteiger partial charge on any atom is -0.507 e. The Hall–Kier alpha value is -3.52. The van der Waals surface area contributed by atoms with E-state index in [0.717, 1.165) is 59.1 Å². The zero-order valence-electron chi connectivity index (χ0n) is 22.1. The maximum Gasteiger partial charge on any atom is 0.126 e. The lowest BCUT2D eigenvalue weighted by atomic mass is 9.75. The predicted molar refractivity (Wildman–Crippen MR) is 154 cm³/mol. The number of benzene rings is 4. The van der Waals surface area contributed by atoms with Crippen LogP contribution in [-0.2, 0) is 0 Å². The number of aromatic hydroxyl groups is 2. The molecule has 0 amide bonds. The molecule has 0 atom stereocenters. The summed E-state index contributed by atoms with van der Waals surface area (Å²) in [7, 11) is 0. The SMILES string of the molecule is CC.CC.Oc1c(-c2ccccc2)cccc1C1CCC(c2cccc(-c3ccccc3)c2O)CC1. The van der Waals surface area contributed by atoms with E-state index in [1.54, 1.807) is 0 Å². The average molecular weight is 481 g/mol. The summed E-state index contributed by atoms with van der Waals surface area (Å²) >= 11 is 0. The zero-order chi connectivity index (χ0) is 25.9. The number of rotatable bonds is 4. The summed E-state index contributed by atoms with van der Waals surface area (Å²) in [5.41, 5.74) is 5.99. The van der Waals surface area contributed by atoms with Gasteiger partial charge in [-0.25, -0.2) is 0 Å². The van der Waals surface area contributed by atoms with Gasteiger partial charge in [-0.2, -0.15) is 0 Å². The molecule has 0 saturated heterocycles. The monoisotopic (exact) mass is 480 g/mol. The van der Waals surface area contributed by atoms with Gasteiger partial charge in [-0.1, -0.05) is 125 Å². The van der Waals surface area contributed by atoms with Crippen LogP contribution in [-0.4, -0.2) is 10.2 Å². The number of hydrogen-bond acceptors (Lipinski definition) is 2. The van der Waals surface area contributed by atoms with Gasteiger partial charge in [-0.15, -0.1) is 0 Å². The first-order valence-corrected chi connectivity index (χ1v) is 13.5. The molecule has 0 radical (unpaired) electrons. The fourth-order valence-electron chi connectivity index (χ4n) is 5.20. The van der Waals surface area contributed by atoms with Crippen molar-refractivity contribution in [3.63, 3.8) is 0 Å². The van der Waals surface area contributed by atoms with Crippen molar-refractivity contribution in [2.24, 2.45) is 0 Å². The Bertz CT molecular complexity index is 1090. The lowest BCUT2D eigenvalue weighted by Gasteiger charge is -2.30. The summed E-state index contributed by atoms with van der Waals surface area (Å²) in [6, 6.07) is 32.4. The fourth-order valence-corrected chi connectivity index (χ4v) is 5.20. The summed E-state index contributed by atoms with van der Waals surface area (Å²) < 4.78 is 0. The summed E-state index contributed by atoms with van der Waals surface area (Å²) in [6.45, 7) is 8.00. The lowest BCUT2D eigenvalue weighted by Crippen LogP contribution is -2.12. The summed E-state index contributed by atoms with van der Waals surface area (Å²) in [4.78, 5) is 0. The smallest absolute Gasteiger partial charge is 0.126 e.